The Kier molecular flexibility index (Phi) is 5.63. The molecule has 0 bridgehead atoms. The van der Waals surface area contributed by atoms with Crippen LogP contribution in [0, 0.1) is 0 Å². The Morgan fingerprint density at radius 3 is 3.14 bits per heavy atom. The van der Waals surface area contributed by atoms with E-state index in [0.29, 0.717) is 0 Å². The summed E-state index contributed by atoms with van der Waals surface area (Å²) in [5, 5.41) is 11.4. The van der Waals surface area contributed by atoms with Crippen LogP contribution in [0.5, 0.6) is 0 Å². The number of hydrogen-bond acceptors (Lipinski definition) is 4. The maximum absolute atomic E-state index is 4.08. The molecule has 0 atom stereocenters. The van der Waals surface area contributed by atoms with E-state index in [4.69, 9.17) is 0 Å². The maximum Gasteiger partial charge on any atom is 0.0964 e. The third kappa shape index (κ3) is 4.11. The summed E-state index contributed by atoms with van der Waals surface area (Å²) in [6, 6.07) is 0. The van der Waals surface area contributed by atoms with E-state index in [-0.39, 0.29) is 0 Å². The van der Waals surface area contributed by atoms with Crippen LogP contribution in [0.3, 0.4) is 0 Å². The first-order valence-corrected chi connectivity index (χ1v) is 6.35. The quantitative estimate of drug-likeness (QED) is 0.691. The lowest BCUT2D eigenvalue weighted by Crippen LogP contribution is -2.11. The van der Waals surface area contributed by atoms with E-state index in [1.807, 2.05) is 22.6 Å². The fourth-order valence-corrected chi connectivity index (χ4v) is 1.57. The minimum absolute atomic E-state index is 0.818. The summed E-state index contributed by atoms with van der Waals surface area (Å²) in [7, 11) is 0. The molecular weight excluding hydrogens is 196 g/mol. The summed E-state index contributed by atoms with van der Waals surface area (Å²) in [6.45, 7) is 4.85. The molecule has 0 aliphatic heterocycles. The zero-order valence-corrected chi connectivity index (χ0v) is 9.68. The van der Waals surface area contributed by atoms with Gasteiger partial charge < -0.3 is 5.32 Å². The van der Waals surface area contributed by atoms with Crippen molar-refractivity contribution in [2.75, 3.05) is 18.6 Å². The summed E-state index contributed by atoms with van der Waals surface area (Å²) < 4.78 is 1.92. The zero-order chi connectivity index (χ0) is 10.2. The van der Waals surface area contributed by atoms with Crippen LogP contribution < -0.4 is 5.32 Å². The predicted molar refractivity (Wildman–Crippen MR) is 60.4 cm³/mol. The van der Waals surface area contributed by atoms with Crippen LogP contribution in [0.1, 0.15) is 19.0 Å². The summed E-state index contributed by atoms with van der Waals surface area (Å²) in [4.78, 5) is 0. The Morgan fingerprint density at radius 1 is 1.57 bits per heavy atom. The van der Waals surface area contributed by atoms with Crippen molar-refractivity contribution in [1.82, 2.24) is 20.3 Å². The van der Waals surface area contributed by atoms with Crippen molar-refractivity contribution in [1.29, 1.82) is 0 Å². The zero-order valence-electron chi connectivity index (χ0n) is 8.86. The molecule has 1 heterocycles. The minimum Gasteiger partial charge on any atom is -0.311 e. The Hall–Kier alpha value is -0.550. The predicted octanol–water partition coefficient (Wildman–Crippen LogP) is 1.14. The van der Waals surface area contributed by atoms with Crippen molar-refractivity contribution in [3.05, 3.63) is 11.9 Å². The van der Waals surface area contributed by atoms with Gasteiger partial charge in [0.1, 0.15) is 0 Å². The summed E-state index contributed by atoms with van der Waals surface area (Å²) in [5.74, 6) is 1.18. The van der Waals surface area contributed by atoms with Crippen LogP contribution in [0.15, 0.2) is 6.20 Å². The molecule has 0 saturated carbocycles. The van der Waals surface area contributed by atoms with Crippen LogP contribution in [0.4, 0.5) is 0 Å². The number of aryl methyl sites for hydroxylation is 1. The van der Waals surface area contributed by atoms with Gasteiger partial charge in [0, 0.05) is 19.3 Å². The van der Waals surface area contributed by atoms with Crippen molar-refractivity contribution < 1.29 is 0 Å². The molecule has 1 aromatic heterocycles. The fourth-order valence-electron chi connectivity index (χ4n) is 1.15. The molecule has 0 spiro atoms. The minimum atomic E-state index is 0.818. The lowest BCUT2D eigenvalue weighted by molar-refractivity contribution is 0.581. The highest BCUT2D eigenvalue weighted by Crippen LogP contribution is 1.99. The first-order valence-electron chi connectivity index (χ1n) is 4.95. The Balaban J connectivity index is 2.27. The summed E-state index contributed by atoms with van der Waals surface area (Å²) in [5.41, 5.74) is 1.02. The third-order valence-electron chi connectivity index (χ3n) is 1.88. The van der Waals surface area contributed by atoms with Crippen LogP contribution in [-0.2, 0) is 13.1 Å². The monoisotopic (exact) mass is 214 g/mol. The van der Waals surface area contributed by atoms with Gasteiger partial charge in [-0.25, -0.2) is 0 Å². The fraction of sp³-hybridized carbons (Fsp3) is 0.778. The Morgan fingerprint density at radius 2 is 2.43 bits per heavy atom. The largest absolute Gasteiger partial charge is 0.311 e. The average Bonchev–Trinajstić information content (AvgIpc) is 2.63. The van der Waals surface area contributed by atoms with E-state index < -0.39 is 0 Å². The Bertz CT molecular complexity index is 249. The van der Waals surface area contributed by atoms with E-state index in [1.54, 1.807) is 0 Å². The van der Waals surface area contributed by atoms with E-state index >= 15 is 0 Å². The number of nitrogens with one attached hydrogen (secondary N) is 1. The molecular formula is C9H18N4S. The molecule has 5 heteroatoms. The molecule has 1 rings (SSSR count). The van der Waals surface area contributed by atoms with Gasteiger partial charge in [0.2, 0.25) is 0 Å². The normalized spacial score (nSPS) is 10.7. The molecule has 1 N–H and O–H groups in total. The molecule has 0 radical (unpaired) electrons. The molecule has 0 fully saturated rings. The van der Waals surface area contributed by atoms with Gasteiger partial charge in [-0.05, 0) is 25.0 Å². The summed E-state index contributed by atoms with van der Waals surface area (Å²) >= 11 is 1.87. The lowest BCUT2D eigenvalue weighted by Gasteiger charge is -1.97. The summed E-state index contributed by atoms with van der Waals surface area (Å²) in [6.07, 6.45) is 5.30. The second kappa shape index (κ2) is 6.84. The number of thioether (sulfide) groups is 1. The Labute approximate surface area is 89.5 Å². The highest BCUT2D eigenvalue weighted by atomic mass is 32.2. The van der Waals surface area contributed by atoms with E-state index in [2.05, 4.69) is 28.8 Å². The highest BCUT2D eigenvalue weighted by Gasteiger charge is 1.98. The van der Waals surface area contributed by atoms with Gasteiger partial charge in [0.05, 0.1) is 5.69 Å². The van der Waals surface area contributed by atoms with Gasteiger partial charge >= 0.3 is 0 Å². The number of rotatable bonds is 7. The van der Waals surface area contributed by atoms with Crippen LogP contribution in [0.2, 0.25) is 0 Å². The van der Waals surface area contributed by atoms with E-state index in [9.17, 15) is 0 Å². The molecule has 0 aliphatic rings. The van der Waals surface area contributed by atoms with Crippen molar-refractivity contribution in [2.45, 2.75) is 26.4 Å². The second-order valence-corrected chi connectivity index (χ2v) is 4.09. The smallest absolute Gasteiger partial charge is 0.0964 e. The molecule has 0 aliphatic carbocycles. The number of hydrogen-bond donors (Lipinski definition) is 1. The number of nitrogens with zero attached hydrogens (tertiary/aromatic N) is 3. The molecule has 0 amide bonds. The average molecular weight is 214 g/mol. The number of aromatic nitrogens is 3. The van der Waals surface area contributed by atoms with Crippen LogP contribution in [-0.4, -0.2) is 33.5 Å². The van der Waals surface area contributed by atoms with Gasteiger partial charge in [-0.15, -0.1) is 5.10 Å². The molecule has 14 heavy (non-hydrogen) atoms. The molecule has 0 unspecified atom stereocenters. The molecule has 1 aromatic rings. The van der Waals surface area contributed by atoms with Gasteiger partial charge in [0.25, 0.3) is 0 Å². The van der Waals surface area contributed by atoms with Crippen molar-refractivity contribution >= 4 is 11.8 Å². The molecule has 4 nitrogen and oxygen atoms in total. The van der Waals surface area contributed by atoms with Gasteiger partial charge in [-0.3, -0.25) is 4.68 Å². The van der Waals surface area contributed by atoms with Crippen molar-refractivity contribution in [2.24, 2.45) is 0 Å². The first-order chi connectivity index (χ1) is 6.86. The van der Waals surface area contributed by atoms with E-state index in [0.717, 1.165) is 31.7 Å². The van der Waals surface area contributed by atoms with Crippen molar-refractivity contribution in [3.8, 4) is 0 Å². The van der Waals surface area contributed by atoms with Gasteiger partial charge in [0.15, 0.2) is 0 Å². The molecule has 0 aromatic carbocycles. The SMILES string of the molecule is CCNCc1cn(CCCSC)nn1. The van der Waals surface area contributed by atoms with Gasteiger partial charge in [-0.1, -0.05) is 12.1 Å². The topological polar surface area (TPSA) is 42.7 Å². The van der Waals surface area contributed by atoms with Crippen LogP contribution in [0.25, 0.3) is 0 Å². The third-order valence-corrected chi connectivity index (χ3v) is 2.57. The van der Waals surface area contributed by atoms with E-state index in [1.165, 1.54) is 5.75 Å². The highest BCUT2D eigenvalue weighted by molar-refractivity contribution is 7.98. The molecule has 0 saturated heterocycles. The van der Waals surface area contributed by atoms with Gasteiger partial charge in [-0.2, -0.15) is 11.8 Å². The molecule has 80 valence electrons. The maximum atomic E-state index is 4.08. The van der Waals surface area contributed by atoms with Crippen LogP contribution >= 0.6 is 11.8 Å². The second-order valence-electron chi connectivity index (χ2n) is 3.10. The standard InChI is InChI=1S/C9H18N4S/c1-3-10-7-9-8-13(12-11-9)5-4-6-14-2/h8,10H,3-7H2,1-2H3. The van der Waals surface area contributed by atoms with Crippen molar-refractivity contribution in [3.63, 3.8) is 0 Å². The lowest BCUT2D eigenvalue weighted by atomic mass is 10.4. The first kappa shape index (κ1) is 11.5.